The van der Waals surface area contributed by atoms with Gasteiger partial charge in [0.1, 0.15) is 10.7 Å². The van der Waals surface area contributed by atoms with Gasteiger partial charge in [-0.3, -0.25) is 19.3 Å². The highest BCUT2D eigenvalue weighted by molar-refractivity contribution is 6.48. The van der Waals surface area contributed by atoms with Crippen LogP contribution in [0.5, 0.6) is 0 Å². The van der Waals surface area contributed by atoms with Gasteiger partial charge in [0, 0.05) is 24.3 Å². The maximum Gasteiger partial charge on any atom is 0.279 e. The number of nitrogens with zero attached hydrogens (tertiary/aromatic N) is 2. The number of nitrogens with one attached hydrogen (secondary N) is 1. The number of carbonyl (C=O) groups is 3. The van der Waals surface area contributed by atoms with Crippen LogP contribution in [0.15, 0.2) is 59.3 Å². The predicted molar refractivity (Wildman–Crippen MR) is 116 cm³/mol. The van der Waals surface area contributed by atoms with Gasteiger partial charge < -0.3 is 15.0 Å². The van der Waals surface area contributed by atoms with E-state index in [0.29, 0.717) is 37.6 Å². The third-order valence-corrected chi connectivity index (χ3v) is 5.69. The van der Waals surface area contributed by atoms with Crippen LogP contribution in [0, 0.1) is 6.92 Å². The van der Waals surface area contributed by atoms with Crippen molar-refractivity contribution in [3.8, 4) is 0 Å². The van der Waals surface area contributed by atoms with E-state index in [1.54, 1.807) is 23.1 Å². The molecule has 8 heteroatoms. The van der Waals surface area contributed by atoms with Crippen molar-refractivity contribution in [2.24, 2.45) is 0 Å². The number of hydrogen-bond acceptors (Lipinski definition) is 5. The molecule has 3 amide bonds. The van der Waals surface area contributed by atoms with Gasteiger partial charge >= 0.3 is 0 Å². The van der Waals surface area contributed by atoms with Gasteiger partial charge in [-0.15, -0.1) is 0 Å². The third-order valence-electron chi connectivity index (χ3n) is 5.34. The zero-order valence-corrected chi connectivity index (χ0v) is 17.8. The number of rotatable bonds is 5. The van der Waals surface area contributed by atoms with Crippen LogP contribution in [-0.2, 0) is 20.9 Å². The van der Waals surface area contributed by atoms with Gasteiger partial charge in [-0.05, 0) is 30.2 Å². The average molecular weight is 440 g/mol. The summed E-state index contributed by atoms with van der Waals surface area (Å²) in [6.45, 7) is 4.08. The zero-order valence-electron chi connectivity index (χ0n) is 17.1. The predicted octanol–water partition coefficient (Wildman–Crippen LogP) is 2.90. The highest BCUT2D eigenvalue weighted by Crippen LogP contribution is 2.29. The van der Waals surface area contributed by atoms with Crippen LogP contribution in [0.1, 0.15) is 21.5 Å². The highest BCUT2D eigenvalue weighted by Gasteiger charge is 2.38. The second-order valence-corrected chi connectivity index (χ2v) is 7.81. The molecule has 2 aromatic carbocycles. The summed E-state index contributed by atoms with van der Waals surface area (Å²) in [5.41, 5.74) is 2.70. The number of imide groups is 1. The molecule has 0 atom stereocenters. The first-order valence-corrected chi connectivity index (χ1v) is 10.4. The van der Waals surface area contributed by atoms with Crippen molar-refractivity contribution >= 4 is 35.0 Å². The maximum atomic E-state index is 12.9. The molecule has 0 saturated carbocycles. The first-order valence-electron chi connectivity index (χ1n) is 10.0. The second kappa shape index (κ2) is 8.91. The summed E-state index contributed by atoms with van der Waals surface area (Å²) in [6, 6.07) is 14.5. The molecule has 160 valence electrons. The number of carbonyl (C=O) groups excluding carboxylic acids is 3. The average Bonchev–Trinajstić information content (AvgIpc) is 2.99. The van der Waals surface area contributed by atoms with Crippen LogP contribution in [0.2, 0.25) is 0 Å². The van der Waals surface area contributed by atoms with Crippen molar-refractivity contribution in [3.63, 3.8) is 0 Å². The van der Waals surface area contributed by atoms with Crippen molar-refractivity contribution in [1.29, 1.82) is 0 Å². The van der Waals surface area contributed by atoms with Crippen LogP contribution < -0.4 is 5.32 Å². The summed E-state index contributed by atoms with van der Waals surface area (Å²) in [5.74, 6) is -1.15. The smallest absolute Gasteiger partial charge is 0.279 e. The largest absolute Gasteiger partial charge is 0.378 e. The summed E-state index contributed by atoms with van der Waals surface area (Å²) in [4.78, 5) is 41.2. The lowest BCUT2D eigenvalue weighted by molar-refractivity contribution is -0.138. The van der Waals surface area contributed by atoms with E-state index in [0.717, 1.165) is 16.0 Å². The normalized spacial score (nSPS) is 16.8. The van der Waals surface area contributed by atoms with Gasteiger partial charge in [-0.25, -0.2) is 0 Å². The zero-order chi connectivity index (χ0) is 22.0. The topological polar surface area (TPSA) is 79.0 Å². The highest BCUT2D eigenvalue weighted by atomic mass is 35.5. The van der Waals surface area contributed by atoms with Crippen molar-refractivity contribution in [1.82, 2.24) is 9.80 Å². The van der Waals surface area contributed by atoms with E-state index in [-0.39, 0.29) is 23.2 Å². The summed E-state index contributed by atoms with van der Waals surface area (Å²) in [6.07, 6.45) is 0. The number of hydrogen-bond donors (Lipinski definition) is 1. The van der Waals surface area contributed by atoms with Crippen LogP contribution in [-0.4, -0.2) is 53.8 Å². The SMILES string of the molecule is Cc1ccc(C(=O)N2CCOCC2)cc1NC1=C(Cl)C(=O)N(Cc2ccccc2)C1=O. The van der Waals surface area contributed by atoms with E-state index in [9.17, 15) is 14.4 Å². The Morgan fingerprint density at radius 3 is 2.48 bits per heavy atom. The van der Waals surface area contributed by atoms with Crippen LogP contribution >= 0.6 is 11.6 Å². The quantitative estimate of drug-likeness (QED) is 0.725. The second-order valence-electron chi connectivity index (χ2n) is 7.43. The summed E-state index contributed by atoms with van der Waals surface area (Å²) >= 11 is 6.23. The Balaban J connectivity index is 1.54. The third kappa shape index (κ3) is 4.33. The molecular formula is C23H22ClN3O4. The minimum atomic E-state index is -0.545. The number of halogens is 1. The number of morpholine rings is 1. The number of anilines is 1. The number of aryl methyl sites for hydroxylation is 1. The molecule has 7 nitrogen and oxygen atoms in total. The Labute approximate surface area is 185 Å². The molecule has 2 aromatic rings. The Bertz CT molecular complexity index is 1060. The lowest BCUT2D eigenvalue weighted by Gasteiger charge is -2.27. The van der Waals surface area contributed by atoms with Gasteiger partial charge in [0.2, 0.25) is 0 Å². The molecule has 0 aromatic heterocycles. The van der Waals surface area contributed by atoms with Crippen molar-refractivity contribution in [3.05, 3.63) is 76.0 Å². The molecule has 1 fully saturated rings. The number of ether oxygens (including phenoxy) is 1. The van der Waals surface area contributed by atoms with E-state index in [1.807, 2.05) is 37.3 Å². The van der Waals surface area contributed by atoms with E-state index < -0.39 is 11.8 Å². The number of amides is 3. The summed E-state index contributed by atoms with van der Waals surface area (Å²) in [5, 5.41) is 2.83. The summed E-state index contributed by atoms with van der Waals surface area (Å²) < 4.78 is 5.30. The number of benzene rings is 2. The van der Waals surface area contributed by atoms with E-state index in [1.165, 1.54) is 0 Å². The Hall–Kier alpha value is -3.16. The van der Waals surface area contributed by atoms with E-state index >= 15 is 0 Å². The maximum absolute atomic E-state index is 12.9. The van der Waals surface area contributed by atoms with E-state index in [4.69, 9.17) is 16.3 Å². The van der Waals surface area contributed by atoms with Crippen LogP contribution in [0.25, 0.3) is 0 Å². The fraction of sp³-hybridized carbons (Fsp3) is 0.261. The first-order chi connectivity index (χ1) is 15.0. The molecule has 4 rings (SSSR count). The monoisotopic (exact) mass is 439 g/mol. The van der Waals surface area contributed by atoms with Crippen molar-refractivity contribution in [2.45, 2.75) is 13.5 Å². The minimum Gasteiger partial charge on any atom is -0.378 e. The molecule has 2 aliphatic rings. The molecule has 0 spiro atoms. The van der Waals surface area contributed by atoms with Gasteiger partial charge in [-0.1, -0.05) is 48.0 Å². The van der Waals surface area contributed by atoms with Crippen LogP contribution in [0.3, 0.4) is 0 Å². The molecular weight excluding hydrogens is 418 g/mol. The minimum absolute atomic E-state index is 0.0154. The lowest BCUT2D eigenvalue weighted by atomic mass is 10.1. The molecule has 1 N–H and O–H groups in total. The molecule has 0 aliphatic carbocycles. The fourth-order valence-corrected chi connectivity index (χ4v) is 3.77. The van der Waals surface area contributed by atoms with Gasteiger partial charge in [0.25, 0.3) is 17.7 Å². The van der Waals surface area contributed by atoms with Gasteiger partial charge in [-0.2, -0.15) is 0 Å². The molecule has 2 heterocycles. The summed E-state index contributed by atoms with van der Waals surface area (Å²) in [7, 11) is 0. The molecule has 0 bridgehead atoms. The van der Waals surface area contributed by atoms with Gasteiger partial charge in [0.15, 0.2) is 0 Å². The molecule has 31 heavy (non-hydrogen) atoms. The van der Waals surface area contributed by atoms with Crippen LogP contribution in [0.4, 0.5) is 5.69 Å². The molecule has 2 aliphatic heterocycles. The molecule has 0 radical (unpaired) electrons. The Kier molecular flexibility index (Phi) is 6.06. The first kappa shape index (κ1) is 21.1. The molecule has 0 unspecified atom stereocenters. The van der Waals surface area contributed by atoms with Crippen molar-refractivity contribution < 1.29 is 19.1 Å². The van der Waals surface area contributed by atoms with E-state index in [2.05, 4.69) is 5.32 Å². The van der Waals surface area contributed by atoms with Crippen molar-refractivity contribution in [2.75, 3.05) is 31.6 Å². The standard InChI is InChI=1S/C23H22ClN3O4/c1-15-7-8-17(21(28)26-9-11-31-12-10-26)13-18(15)25-20-19(24)22(29)27(23(20)30)14-16-5-3-2-4-6-16/h2-8,13,25H,9-12,14H2,1H3. The fourth-order valence-electron chi connectivity index (χ4n) is 3.54. The van der Waals surface area contributed by atoms with Gasteiger partial charge in [0.05, 0.1) is 19.8 Å². The molecule has 1 saturated heterocycles. The lowest BCUT2D eigenvalue weighted by Crippen LogP contribution is -2.40. The Morgan fingerprint density at radius 2 is 1.77 bits per heavy atom. The Morgan fingerprint density at radius 1 is 1.06 bits per heavy atom.